The van der Waals surface area contributed by atoms with E-state index in [2.05, 4.69) is 28.6 Å². The van der Waals surface area contributed by atoms with Gasteiger partial charge in [0.1, 0.15) is 11.6 Å². The molecule has 29 heavy (non-hydrogen) atoms. The molecule has 8 nitrogen and oxygen atoms in total. The molecule has 0 spiro atoms. The van der Waals surface area contributed by atoms with Gasteiger partial charge in [-0.1, -0.05) is 13.8 Å². The molecule has 2 fully saturated rings. The van der Waals surface area contributed by atoms with E-state index in [-0.39, 0.29) is 23.8 Å². The summed E-state index contributed by atoms with van der Waals surface area (Å²) in [6.45, 7) is 12.8. The molecule has 0 aromatic carbocycles. The summed E-state index contributed by atoms with van der Waals surface area (Å²) in [6.07, 6.45) is 1.35. The molecule has 0 unspecified atom stereocenters. The van der Waals surface area contributed by atoms with Crippen LogP contribution in [-0.4, -0.2) is 76.9 Å². The smallest absolute Gasteiger partial charge is 0.239 e. The number of carbonyl (C=O) groups excluding carboxylic acids is 2. The quantitative estimate of drug-likeness (QED) is 0.794. The lowest BCUT2D eigenvalue weighted by molar-refractivity contribution is -0.139. The van der Waals surface area contributed by atoms with Crippen LogP contribution in [0.5, 0.6) is 0 Å². The van der Waals surface area contributed by atoms with Crippen molar-refractivity contribution in [1.29, 1.82) is 0 Å². The van der Waals surface area contributed by atoms with Crippen LogP contribution in [0, 0.1) is 12.8 Å². The summed E-state index contributed by atoms with van der Waals surface area (Å²) < 4.78 is 0. The van der Waals surface area contributed by atoms with E-state index in [9.17, 15) is 9.59 Å². The molecular weight excluding hydrogens is 368 g/mol. The van der Waals surface area contributed by atoms with Crippen LogP contribution < -0.4 is 10.6 Å². The van der Waals surface area contributed by atoms with Gasteiger partial charge in [0.15, 0.2) is 0 Å². The van der Waals surface area contributed by atoms with Gasteiger partial charge >= 0.3 is 0 Å². The first-order valence-corrected chi connectivity index (χ1v) is 10.7. The van der Waals surface area contributed by atoms with Crippen LogP contribution in [0.25, 0.3) is 0 Å². The molecule has 3 heterocycles. The lowest BCUT2D eigenvalue weighted by Gasteiger charge is -2.40. The SMILES string of the molecule is Cc1cc(N2CCN([C@H](C)C(=O)N3CCC(C(N)=O)CC3)CC2)nc(C(C)C)n1. The van der Waals surface area contributed by atoms with E-state index < -0.39 is 0 Å². The molecule has 2 aliphatic rings. The molecule has 160 valence electrons. The van der Waals surface area contributed by atoms with E-state index in [4.69, 9.17) is 10.7 Å². The van der Waals surface area contributed by atoms with Crippen molar-refractivity contribution in [2.75, 3.05) is 44.2 Å². The van der Waals surface area contributed by atoms with E-state index in [1.807, 2.05) is 24.8 Å². The van der Waals surface area contributed by atoms with Gasteiger partial charge in [-0.3, -0.25) is 14.5 Å². The number of aromatic nitrogens is 2. The number of hydrogen-bond acceptors (Lipinski definition) is 6. The molecule has 2 N–H and O–H groups in total. The zero-order valence-corrected chi connectivity index (χ0v) is 18.1. The first-order valence-electron chi connectivity index (χ1n) is 10.7. The second kappa shape index (κ2) is 9.07. The number of nitrogens with zero attached hydrogens (tertiary/aromatic N) is 5. The molecule has 1 atom stereocenters. The summed E-state index contributed by atoms with van der Waals surface area (Å²) in [7, 11) is 0. The Morgan fingerprint density at radius 2 is 1.66 bits per heavy atom. The molecule has 0 saturated carbocycles. The Labute approximate surface area is 173 Å². The first-order chi connectivity index (χ1) is 13.8. The number of aryl methyl sites for hydroxylation is 1. The molecule has 8 heteroatoms. The predicted molar refractivity (Wildman–Crippen MR) is 113 cm³/mol. The topological polar surface area (TPSA) is 95.7 Å². The number of nitrogens with two attached hydrogens (primary N) is 1. The monoisotopic (exact) mass is 402 g/mol. The maximum Gasteiger partial charge on any atom is 0.239 e. The van der Waals surface area contributed by atoms with Crippen LogP contribution in [0.4, 0.5) is 5.82 Å². The van der Waals surface area contributed by atoms with E-state index in [0.29, 0.717) is 31.8 Å². The average molecular weight is 403 g/mol. The third-order valence-corrected chi connectivity index (χ3v) is 6.13. The lowest BCUT2D eigenvalue weighted by Crippen LogP contribution is -2.55. The van der Waals surface area contributed by atoms with Crippen LogP contribution in [0.3, 0.4) is 0 Å². The maximum absolute atomic E-state index is 12.9. The molecule has 1 aromatic heterocycles. The third kappa shape index (κ3) is 5.04. The number of carbonyl (C=O) groups is 2. The Bertz CT molecular complexity index is 737. The largest absolute Gasteiger partial charge is 0.369 e. The fourth-order valence-corrected chi connectivity index (χ4v) is 4.14. The number of piperazine rings is 1. The van der Waals surface area contributed by atoms with Crippen molar-refractivity contribution in [2.45, 2.75) is 52.5 Å². The Morgan fingerprint density at radius 1 is 1.03 bits per heavy atom. The highest BCUT2D eigenvalue weighted by molar-refractivity contribution is 5.82. The van der Waals surface area contributed by atoms with Gasteiger partial charge in [-0.05, 0) is 26.7 Å². The Balaban J connectivity index is 1.55. The average Bonchev–Trinajstić information content (AvgIpc) is 2.72. The summed E-state index contributed by atoms with van der Waals surface area (Å²) in [5, 5.41) is 0. The number of likely N-dealkylation sites (tertiary alicyclic amines) is 1. The van der Waals surface area contributed by atoms with E-state index in [0.717, 1.165) is 43.5 Å². The zero-order chi connectivity index (χ0) is 21.1. The summed E-state index contributed by atoms with van der Waals surface area (Å²) in [6, 6.07) is 1.89. The fraction of sp³-hybridized carbons (Fsp3) is 0.714. The molecule has 0 radical (unpaired) electrons. The van der Waals surface area contributed by atoms with Crippen LogP contribution in [0.1, 0.15) is 51.0 Å². The van der Waals surface area contributed by atoms with E-state index >= 15 is 0 Å². The standard InChI is InChI=1S/C21H34N6O2/c1-14(2)20-23-15(3)13-18(24-20)26-11-9-25(10-12-26)16(4)21(29)27-7-5-17(6-8-27)19(22)28/h13-14,16-17H,5-12H2,1-4H3,(H2,22,28)/t16-/m1/s1. The lowest BCUT2D eigenvalue weighted by atomic mass is 9.96. The molecule has 2 amide bonds. The minimum atomic E-state index is -0.248. The van der Waals surface area contributed by atoms with E-state index in [1.165, 1.54) is 0 Å². The highest BCUT2D eigenvalue weighted by Gasteiger charge is 2.32. The van der Waals surface area contributed by atoms with Gasteiger partial charge in [0, 0.05) is 62.9 Å². The molecule has 3 rings (SSSR count). The molecular formula is C21H34N6O2. The predicted octanol–water partition coefficient (Wildman–Crippen LogP) is 1.14. The number of amides is 2. The van der Waals surface area contributed by atoms with Gasteiger partial charge in [0.05, 0.1) is 6.04 Å². The second-order valence-electron chi connectivity index (χ2n) is 8.58. The Hall–Kier alpha value is -2.22. The summed E-state index contributed by atoms with van der Waals surface area (Å²) >= 11 is 0. The summed E-state index contributed by atoms with van der Waals surface area (Å²) in [5.74, 6) is 1.97. The number of hydrogen-bond donors (Lipinski definition) is 1. The van der Waals surface area contributed by atoms with Gasteiger partial charge in [-0.15, -0.1) is 0 Å². The molecule has 0 aliphatic carbocycles. The zero-order valence-electron chi connectivity index (χ0n) is 18.1. The molecule has 2 aliphatic heterocycles. The van der Waals surface area contributed by atoms with Crippen molar-refractivity contribution >= 4 is 17.6 Å². The van der Waals surface area contributed by atoms with Crippen molar-refractivity contribution < 1.29 is 9.59 Å². The van der Waals surface area contributed by atoms with Crippen molar-refractivity contribution in [2.24, 2.45) is 11.7 Å². The van der Waals surface area contributed by atoms with Crippen LogP contribution in [0.2, 0.25) is 0 Å². The minimum absolute atomic E-state index is 0.0926. The fourth-order valence-electron chi connectivity index (χ4n) is 4.14. The summed E-state index contributed by atoms with van der Waals surface area (Å²) in [4.78, 5) is 40.0. The summed E-state index contributed by atoms with van der Waals surface area (Å²) in [5.41, 5.74) is 6.39. The third-order valence-electron chi connectivity index (χ3n) is 6.13. The van der Waals surface area contributed by atoms with Gasteiger partial charge in [0.2, 0.25) is 11.8 Å². The number of piperidine rings is 1. The minimum Gasteiger partial charge on any atom is -0.369 e. The number of rotatable bonds is 5. The van der Waals surface area contributed by atoms with Crippen molar-refractivity contribution in [3.63, 3.8) is 0 Å². The second-order valence-corrected chi connectivity index (χ2v) is 8.58. The number of anilines is 1. The van der Waals surface area contributed by atoms with Gasteiger partial charge in [-0.2, -0.15) is 0 Å². The van der Waals surface area contributed by atoms with Gasteiger partial charge in [0.25, 0.3) is 0 Å². The van der Waals surface area contributed by atoms with Crippen LogP contribution >= 0.6 is 0 Å². The van der Waals surface area contributed by atoms with Crippen molar-refractivity contribution in [3.8, 4) is 0 Å². The normalized spacial score (nSPS) is 20.2. The molecule has 2 saturated heterocycles. The van der Waals surface area contributed by atoms with Crippen molar-refractivity contribution in [3.05, 3.63) is 17.6 Å². The van der Waals surface area contributed by atoms with Crippen LogP contribution in [-0.2, 0) is 9.59 Å². The maximum atomic E-state index is 12.9. The van der Waals surface area contributed by atoms with E-state index in [1.54, 1.807) is 0 Å². The molecule has 1 aromatic rings. The highest BCUT2D eigenvalue weighted by atomic mass is 16.2. The first kappa shape index (κ1) is 21.5. The van der Waals surface area contributed by atoms with Gasteiger partial charge < -0.3 is 15.5 Å². The Kier molecular flexibility index (Phi) is 6.72. The Morgan fingerprint density at radius 3 is 2.21 bits per heavy atom. The number of primary amides is 1. The van der Waals surface area contributed by atoms with Gasteiger partial charge in [-0.25, -0.2) is 9.97 Å². The highest BCUT2D eigenvalue weighted by Crippen LogP contribution is 2.21. The molecule has 0 bridgehead atoms. The van der Waals surface area contributed by atoms with Crippen molar-refractivity contribution in [1.82, 2.24) is 19.8 Å². The van der Waals surface area contributed by atoms with Crippen LogP contribution in [0.15, 0.2) is 6.07 Å².